The van der Waals surface area contributed by atoms with Gasteiger partial charge in [0.2, 0.25) is 5.96 Å². The molecule has 0 saturated heterocycles. The average molecular weight is 156 g/mol. The Morgan fingerprint density at radius 2 is 2.36 bits per heavy atom. The highest BCUT2D eigenvalue weighted by Gasteiger charge is 2.20. The van der Waals surface area contributed by atoms with Crippen molar-refractivity contribution in [2.45, 2.75) is 19.8 Å². The summed E-state index contributed by atoms with van der Waals surface area (Å²) in [5, 5.41) is 3.03. The van der Waals surface area contributed by atoms with E-state index >= 15 is 0 Å². The van der Waals surface area contributed by atoms with E-state index < -0.39 is 0 Å². The Morgan fingerprint density at radius 1 is 1.64 bits per heavy atom. The van der Waals surface area contributed by atoms with Gasteiger partial charge in [0.15, 0.2) is 0 Å². The van der Waals surface area contributed by atoms with Crippen molar-refractivity contribution in [1.29, 1.82) is 0 Å². The molecule has 4 heteroatoms. The highest BCUT2D eigenvalue weighted by molar-refractivity contribution is 5.79. The molecule has 0 radical (unpaired) electrons. The van der Waals surface area contributed by atoms with Crippen molar-refractivity contribution in [1.82, 2.24) is 10.7 Å². The van der Waals surface area contributed by atoms with Gasteiger partial charge in [-0.2, -0.15) is 0 Å². The van der Waals surface area contributed by atoms with Gasteiger partial charge < -0.3 is 5.32 Å². The zero-order valence-electron chi connectivity index (χ0n) is 6.93. The first-order valence-electron chi connectivity index (χ1n) is 4.11. The standard InChI is InChI=1S/C7H16N4/c1-2-9-7(11-8)10-5-6-3-4-6/h6H,2-5,8H2,1H3,(H2,9,10,11). The molecule has 0 bridgehead atoms. The molecule has 0 atom stereocenters. The minimum Gasteiger partial charge on any atom is -0.356 e. The summed E-state index contributed by atoms with van der Waals surface area (Å²) in [6.07, 6.45) is 2.65. The predicted molar refractivity (Wildman–Crippen MR) is 46.0 cm³/mol. The van der Waals surface area contributed by atoms with Gasteiger partial charge in [0.25, 0.3) is 0 Å². The summed E-state index contributed by atoms with van der Waals surface area (Å²) in [5.74, 6) is 6.75. The minimum absolute atomic E-state index is 0.708. The third-order valence-corrected chi connectivity index (χ3v) is 1.69. The molecule has 0 spiro atoms. The SMILES string of the molecule is CCNC(=NCC1CC1)NN. The van der Waals surface area contributed by atoms with Crippen LogP contribution in [0.1, 0.15) is 19.8 Å². The summed E-state index contributed by atoms with van der Waals surface area (Å²) >= 11 is 0. The highest BCUT2D eigenvalue weighted by Crippen LogP contribution is 2.28. The Bertz CT molecular complexity index is 139. The van der Waals surface area contributed by atoms with Crippen LogP contribution in [0, 0.1) is 5.92 Å². The van der Waals surface area contributed by atoms with E-state index in [1.54, 1.807) is 0 Å². The van der Waals surface area contributed by atoms with E-state index in [9.17, 15) is 0 Å². The van der Waals surface area contributed by atoms with E-state index in [1.807, 2.05) is 6.92 Å². The van der Waals surface area contributed by atoms with Gasteiger partial charge >= 0.3 is 0 Å². The van der Waals surface area contributed by atoms with Gasteiger partial charge in [-0.15, -0.1) is 0 Å². The van der Waals surface area contributed by atoms with Gasteiger partial charge in [-0.1, -0.05) is 0 Å². The Kier molecular flexibility index (Phi) is 3.16. The lowest BCUT2D eigenvalue weighted by atomic mass is 10.4. The molecule has 1 aliphatic carbocycles. The van der Waals surface area contributed by atoms with Crippen molar-refractivity contribution in [3.63, 3.8) is 0 Å². The fourth-order valence-electron chi connectivity index (χ4n) is 0.841. The predicted octanol–water partition coefficient (Wildman–Crippen LogP) is -0.175. The van der Waals surface area contributed by atoms with Crippen molar-refractivity contribution in [3.05, 3.63) is 0 Å². The van der Waals surface area contributed by atoms with Crippen molar-refractivity contribution in [3.8, 4) is 0 Å². The summed E-state index contributed by atoms with van der Waals surface area (Å²) in [4.78, 5) is 4.26. The first-order valence-corrected chi connectivity index (χ1v) is 4.11. The number of rotatable bonds is 3. The maximum absolute atomic E-state index is 5.22. The molecule has 64 valence electrons. The number of hydrogen-bond donors (Lipinski definition) is 3. The molecular weight excluding hydrogens is 140 g/mol. The average Bonchev–Trinajstić information content (AvgIpc) is 2.81. The molecule has 4 nitrogen and oxygen atoms in total. The van der Waals surface area contributed by atoms with Crippen LogP contribution >= 0.6 is 0 Å². The zero-order chi connectivity index (χ0) is 8.10. The minimum atomic E-state index is 0.708. The van der Waals surface area contributed by atoms with Crippen LogP contribution in [0.3, 0.4) is 0 Å². The van der Waals surface area contributed by atoms with Crippen LogP contribution < -0.4 is 16.6 Å². The second-order valence-electron chi connectivity index (χ2n) is 2.81. The van der Waals surface area contributed by atoms with Crippen molar-refractivity contribution < 1.29 is 0 Å². The quantitative estimate of drug-likeness (QED) is 0.230. The number of nitrogens with one attached hydrogen (secondary N) is 2. The summed E-state index contributed by atoms with van der Waals surface area (Å²) < 4.78 is 0. The van der Waals surface area contributed by atoms with Crippen LogP contribution in [0.5, 0.6) is 0 Å². The van der Waals surface area contributed by atoms with Crippen LogP contribution in [0.2, 0.25) is 0 Å². The molecule has 0 aliphatic heterocycles. The Hall–Kier alpha value is -0.770. The molecule has 0 amide bonds. The summed E-state index contributed by atoms with van der Waals surface area (Å²) in [6.45, 7) is 3.78. The third-order valence-electron chi connectivity index (χ3n) is 1.69. The lowest BCUT2D eigenvalue weighted by Crippen LogP contribution is -2.41. The van der Waals surface area contributed by atoms with Crippen LogP contribution in [0.15, 0.2) is 4.99 Å². The number of nitrogens with two attached hydrogens (primary N) is 1. The summed E-state index contributed by atoms with van der Waals surface area (Å²) in [6, 6.07) is 0. The normalized spacial score (nSPS) is 18.2. The molecule has 11 heavy (non-hydrogen) atoms. The Labute approximate surface area is 67.2 Å². The van der Waals surface area contributed by atoms with Gasteiger partial charge in [0.1, 0.15) is 0 Å². The fraction of sp³-hybridized carbons (Fsp3) is 0.857. The second-order valence-corrected chi connectivity index (χ2v) is 2.81. The fourth-order valence-corrected chi connectivity index (χ4v) is 0.841. The molecule has 1 fully saturated rings. The number of guanidine groups is 1. The van der Waals surface area contributed by atoms with Gasteiger partial charge in [-0.05, 0) is 25.7 Å². The summed E-state index contributed by atoms with van der Waals surface area (Å²) in [7, 11) is 0. The van der Waals surface area contributed by atoms with E-state index in [0.717, 1.165) is 19.0 Å². The van der Waals surface area contributed by atoms with Gasteiger partial charge in [0, 0.05) is 13.1 Å². The molecule has 0 heterocycles. The van der Waals surface area contributed by atoms with E-state index in [4.69, 9.17) is 5.84 Å². The van der Waals surface area contributed by atoms with Crippen LogP contribution in [-0.4, -0.2) is 19.0 Å². The number of nitrogens with zero attached hydrogens (tertiary/aromatic N) is 1. The molecule has 1 saturated carbocycles. The van der Waals surface area contributed by atoms with E-state index in [0.29, 0.717) is 5.96 Å². The van der Waals surface area contributed by atoms with Gasteiger partial charge in [-0.3, -0.25) is 10.4 Å². The molecular formula is C7H16N4. The molecule has 0 aromatic carbocycles. The molecule has 0 unspecified atom stereocenters. The maximum Gasteiger partial charge on any atom is 0.205 e. The molecule has 0 aromatic heterocycles. The number of aliphatic imine (C=N–C) groups is 1. The molecule has 1 aliphatic rings. The molecule has 4 N–H and O–H groups in total. The first-order chi connectivity index (χ1) is 5.36. The lowest BCUT2D eigenvalue weighted by molar-refractivity contribution is 0.802. The van der Waals surface area contributed by atoms with Gasteiger partial charge in [-0.25, -0.2) is 5.84 Å². The van der Waals surface area contributed by atoms with Crippen molar-refractivity contribution in [2.75, 3.05) is 13.1 Å². The third kappa shape index (κ3) is 3.23. The molecule has 1 rings (SSSR count). The number of hydrogen-bond acceptors (Lipinski definition) is 2. The van der Waals surface area contributed by atoms with E-state index in [2.05, 4.69) is 15.7 Å². The van der Waals surface area contributed by atoms with E-state index in [1.165, 1.54) is 12.8 Å². The number of hydrazine groups is 1. The smallest absolute Gasteiger partial charge is 0.205 e. The van der Waals surface area contributed by atoms with Gasteiger partial charge in [0.05, 0.1) is 0 Å². The van der Waals surface area contributed by atoms with Crippen LogP contribution in [-0.2, 0) is 0 Å². The molecule has 0 aromatic rings. The largest absolute Gasteiger partial charge is 0.356 e. The van der Waals surface area contributed by atoms with E-state index in [-0.39, 0.29) is 0 Å². The lowest BCUT2D eigenvalue weighted by Gasteiger charge is -2.05. The second kappa shape index (κ2) is 4.18. The van der Waals surface area contributed by atoms with Crippen molar-refractivity contribution in [2.24, 2.45) is 16.8 Å². The zero-order valence-corrected chi connectivity index (χ0v) is 6.93. The highest BCUT2D eigenvalue weighted by atomic mass is 15.3. The maximum atomic E-state index is 5.22. The van der Waals surface area contributed by atoms with Crippen LogP contribution in [0.4, 0.5) is 0 Å². The first kappa shape index (κ1) is 8.33. The van der Waals surface area contributed by atoms with Crippen LogP contribution in [0.25, 0.3) is 0 Å². The monoisotopic (exact) mass is 156 g/mol. The topological polar surface area (TPSA) is 62.4 Å². The Balaban J connectivity index is 2.19. The van der Waals surface area contributed by atoms with Crippen molar-refractivity contribution >= 4 is 5.96 Å². The summed E-state index contributed by atoms with van der Waals surface area (Å²) in [5.41, 5.74) is 2.52. The Morgan fingerprint density at radius 3 is 2.82 bits per heavy atom.